The molecule has 1 saturated heterocycles. The minimum atomic E-state index is -4.60. The van der Waals surface area contributed by atoms with Crippen LogP contribution in [0.4, 0.5) is 24.5 Å². The van der Waals surface area contributed by atoms with Gasteiger partial charge in [0.2, 0.25) is 11.7 Å². The van der Waals surface area contributed by atoms with E-state index in [1.54, 1.807) is 11.5 Å². The molecule has 2 bridgehead atoms. The number of aromatic hydroxyl groups is 1. The second kappa shape index (κ2) is 12.7. The molecule has 0 radical (unpaired) electrons. The van der Waals surface area contributed by atoms with E-state index in [4.69, 9.17) is 16.6 Å². The molecular formula is C33H33ClF3N9O4. The minimum absolute atomic E-state index is 0.00000273. The summed E-state index contributed by atoms with van der Waals surface area (Å²) in [7, 11) is 0. The number of carbonyl (C=O) groups excluding carboxylic acids is 2. The van der Waals surface area contributed by atoms with Gasteiger partial charge >= 0.3 is 6.18 Å². The average molecular weight is 712 g/mol. The first-order chi connectivity index (χ1) is 23.8. The Bertz CT molecular complexity index is 2120. The van der Waals surface area contributed by atoms with Crippen LogP contribution in [0.25, 0.3) is 11.4 Å². The minimum Gasteiger partial charge on any atom is -0.504 e. The van der Waals surface area contributed by atoms with Crippen molar-refractivity contribution < 1.29 is 27.9 Å². The van der Waals surface area contributed by atoms with Gasteiger partial charge in [-0.05, 0) is 68.2 Å². The zero-order valence-corrected chi connectivity index (χ0v) is 27.9. The molecule has 1 saturated carbocycles. The number of carbonyl (C=O) groups is 2. The largest absolute Gasteiger partial charge is 0.504 e. The van der Waals surface area contributed by atoms with Gasteiger partial charge in [0.15, 0.2) is 17.3 Å². The van der Waals surface area contributed by atoms with Gasteiger partial charge in [-0.2, -0.15) is 22.7 Å². The SMILES string of the molecule is CCc1c(N2CCN(C(=O)c3ncnc(C)c3O)CC2)c(=O)n2nc(C3=CC4CCC3C4)nc2n1CC(=O)Nc1ccc(C(F)(F)F)cc1Cl. The fourth-order valence-electron chi connectivity index (χ4n) is 7.18. The Morgan fingerprint density at radius 3 is 2.52 bits per heavy atom. The fourth-order valence-corrected chi connectivity index (χ4v) is 7.41. The third-order valence-corrected chi connectivity index (χ3v) is 10.0. The maximum absolute atomic E-state index is 14.2. The van der Waals surface area contributed by atoms with E-state index < -0.39 is 29.1 Å². The van der Waals surface area contributed by atoms with E-state index in [-0.39, 0.29) is 66.3 Å². The molecule has 2 amide bonds. The number of fused-ring (bicyclic) bond motifs is 3. The van der Waals surface area contributed by atoms with Gasteiger partial charge in [0, 0.05) is 26.2 Å². The van der Waals surface area contributed by atoms with E-state index in [1.807, 2.05) is 11.8 Å². The van der Waals surface area contributed by atoms with Crippen molar-refractivity contribution in [2.45, 2.75) is 52.3 Å². The van der Waals surface area contributed by atoms with Gasteiger partial charge in [-0.1, -0.05) is 24.6 Å². The molecule has 17 heteroatoms. The van der Waals surface area contributed by atoms with Gasteiger partial charge in [0.25, 0.3) is 11.5 Å². The van der Waals surface area contributed by atoms with E-state index in [0.717, 1.165) is 43.0 Å². The Hall–Kier alpha value is -4.99. The summed E-state index contributed by atoms with van der Waals surface area (Å²) >= 11 is 6.13. The summed E-state index contributed by atoms with van der Waals surface area (Å²) in [5, 5.41) is 17.3. The van der Waals surface area contributed by atoms with Crippen LogP contribution in [0.3, 0.4) is 0 Å². The number of hydrogen-bond acceptors (Lipinski definition) is 9. The second-order valence-corrected chi connectivity index (χ2v) is 13.2. The molecule has 3 aliphatic rings. The third-order valence-electron chi connectivity index (χ3n) is 9.71. The van der Waals surface area contributed by atoms with Crippen LogP contribution < -0.4 is 15.8 Å². The molecule has 2 fully saturated rings. The molecule has 2 aliphatic carbocycles. The van der Waals surface area contributed by atoms with Crippen LogP contribution in [0.15, 0.2) is 35.4 Å². The van der Waals surface area contributed by atoms with Crippen molar-refractivity contribution in [2.24, 2.45) is 11.8 Å². The quantitative estimate of drug-likeness (QED) is 0.285. The van der Waals surface area contributed by atoms with Crippen LogP contribution in [0, 0.1) is 18.8 Å². The van der Waals surface area contributed by atoms with Crippen molar-refractivity contribution in [3.05, 3.63) is 74.4 Å². The normalized spacial score (nSPS) is 19.0. The molecule has 50 heavy (non-hydrogen) atoms. The lowest BCUT2D eigenvalue weighted by molar-refractivity contribution is -0.137. The van der Waals surface area contributed by atoms with Gasteiger partial charge in [0.1, 0.15) is 18.6 Å². The van der Waals surface area contributed by atoms with Crippen LogP contribution in [0.5, 0.6) is 5.75 Å². The predicted molar refractivity (Wildman–Crippen MR) is 177 cm³/mol. The van der Waals surface area contributed by atoms with Crippen LogP contribution in [0.2, 0.25) is 5.02 Å². The van der Waals surface area contributed by atoms with Gasteiger partial charge in [-0.25, -0.2) is 9.97 Å². The number of alkyl halides is 3. The molecule has 7 rings (SSSR count). The highest BCUT2D eigenvalue weighted by molar-refractivity contribution is 6.33. The monoisotopic (exact) mass is 711 g/mol. The molecule has 13 nitrogen and oxygen atoms in total. The number of rotatable bonds is 7. The van der Waals surface area contributed by atoms with Crippen molar-refractivity contribution in [3.8, 4) is 5.75 Å². The third kappa shape index (κ3) is 5.94. The van der Waals surface area contributed by atoms with E-state index in [0.29, 0.717) is 35.5 Å². The molecule has 0 spiro atoms. The molecule has 262 valence electrons. The van der Waals surface area contributed by atoms with Crippen LogP contribution in [0.1, 0.15) is 59.5 Å². The number of allylic oxidation sites excluding steroid dienone is 2. The number of hydrogen-bond donors (Lipinski definition) is 2. The summed E-state index contributed by atoms with van der Waals surface area (Å²) < 4.78 is 42.4. The Balaban J connectivity index is 1.23. The Labute approximate surface area is 288 Å². The average Bonchev–Trinajstić information content (AvgIpc) is 3.84. The van der Waals surface area contributed by atoms with Crippen molar-refractivity contribution in [3.63, 3.8) is 0 Å². The van der Waals surface area contributed by atoms with Crippen molar-refractivity contribution in [1.29, 1.82) is 0 Å². The van der Waals surface area contributed by atoms with Crippen LogP contribution in [-0.4, -0.2) is 77.1 Å². The molecule has 2 unspecified atom stereocenters. The first-order valence-corrected chi connectivity index (χ1v) is 16.7. The second-order valence-electron chi connectivity index (χ2n) is 12.8. The van der Waals surface area contributed by atoms with E-state index in [9.17, 15) is 32.7 Å². The molecule has 2 atom stereocenters. The number of aromatic nitrogens is 6. The molecular weight excluding hydrogens is 679 g/mol. The molecule has 1 aliphatic heterocycles. The van der Waals surface area contributed by atoms with E-state index >= 15 is 0 Å². The summed E-state index contributed by atoms with van der Waals surface area (Å²) in [5.74, 6) is -0.0412. The van der Waals surface area contributed by atoms with Gasteiger partial charge in [0.05, 0.1) is 27.7 Å². The number of anilines is 2. The summed E-state index contributed by atoms with van der Waals surface area (Å²) in [6.45, 7) is 4.01. The Morgan fingerprint density at radius 2 is 1.88 bits per heavy atom. The number of benzene rings is 1. The summed E-state index contributed by atoms with van der Waals surface area (Å²) in [5.41, 5.74) is 0.580. The first kappa shape index (κ1) is 33.5. The maximum Gasteiger partial charge on any atom is 0.416 e. The lowest BCUT2D eigenvalue weighted by Gasteiger charge is -2.36. The fraction of sp³-hybridized carbons (Fsp3) is 0.424. The predicted octanol–water partition coefficient (Wildman–Crippen LogP) is 4.34. The van der Waals surface area contributed by atoms with Gasteiger partial charge < -0.3 is 24.8 Å². The molecule has 3 aromatic heterocycles. The number of piperazine rings is 1. The van der Waals surface area contributed by atoms with E-state index in [1.165, 1.54) is 15.7 Å². The zero-order valence-electron chi connectivity index (χ0n) is 27.2. The van der Waals surface area contributed by atoms with Crippen molar-refractivity contribution >= 4 is 46.1 Å². The maximum atomic E-state index is 14.2. The summed E-state index contributed by atoms with van der Waals surface area (Å²) in [6.07, 6.45) is 2.19. The highest BCUT2D eigenvalue weighted by atomic mass is 35.5. The summed E-state index contributed by atoms with van der Waals surface area (Å²) in [4.78, 5) is 57.0. The smallest absolute Gasteiger partial charge is 0.416 e. The topological polar surface area (TPSA) is 151 Å². The highest BCUT2D eigenvalue weighted by Gasteiger charge is 2.37. The van der Waals surface area contributed by atoms with Crippen LogP contribution >= 0.6 is 11.6 Å². The number of nitrogens with one attached hydrogen (secondary N) is 1. The lowest BCUT2D eigenvalue weighted by atomic mass is 9.98. The molecule has 2 N–H and O–H groups in total. The molecule has 4 heterocycles. The summed E-state index contributed by atoms with van der Waals surface area (Å²) in [6, 6.07) is 2.67. The highest BCUT2D eigenvalue weighted by Crippen LogP contribution is 2.47. The number of amides is 2. The molecule has 4 aromatic rings. The Kier molecular flexibility index (Phi) is 8.52. The zero-order chi connectivity index (χ0) is 35.5. The standard InChI is InChI=1S/C33H33ClF3N9O4/c1-3-24-27(43-8-10-44(11-9-43)30(49)26-28(48)17(2)38-16-39-26)31(50)46-32(41-29(42-46)21-13-18-4-5-19(21)12-18)45(24)15-25(47)40-23-7-6-20(14-22(23)34)33(35,36)37/h6-7,13-14,16,18-19,48H,3-5,8-12,15H2,1-2H3,(H,40,47). The van der Waals surface area contributed by atoms with Gasteiger partial charge in [-0.15, -0.1) is 5.10 Å². The van der Waals surface area contributed by atoms with Gasteiger partial charge in [-0.3, -0.25) is 14.4 Å². The first-order valence-electron chi connectivity index (χ1n) is 16.3. The Morgan fingerprint density at radius 1 is 1.12 bits per heavy atom. The number of halogens is 4. The van der Waals surface area contributed by atoms with E-state index in [2.05, 4.69) is 26.5 Å². The van der Waals surface area contributed by atoms with Crippen LogP contribution in [-0.2, 0) is 23.9 Å². The lowest BCUT2D eigenvalue weighted by Crippen LogP contribution is -2.51. The molecule has 1 aromatic carbocycles. The number of nitrogens with zero attached hydrogens (tertiary/aromatic N) is 8. The van der Waals surface area contributed by atoms with Crippen molar-refractivity contribution in [1.82, 2.24) is 34.0 Å². The van der Waals surface area contributed by atoms with Crippen molar-refractivity contribution in [2.75, 3.05) is 36.4 Å². The number of aryl methyl sites for hydroxylation is 1.